The molecule has 1 aromatic heterocycles. The highest BCUT2D eigenvalue weighted by atomic mass is 19.1. The van der Waals surface area contributed by atoms with Gasteiger partial charge in [0.15, 0.2) is 0 Å². The molecule has 0 saturated carbocycles. The second-order valence-corrected chi connectivity index (χ2v) is 7.60. The summed E-state index contributed by atoms with van der Waals surface area (Å²) in [6.45, 7) is 1.33. The molecule has 0 radical (unpaired) electrons. The number of carbonyl (C=O) groups is 1. The average molecular weight is 436 g/mol. The molecule has 3 aromatic rings. The first-order valence-electron chi connectivity index (χ1n) is 10.1. The third-order valence-electron chi connectivity index (χ3n) is 5.48. The van der Waals surface area contributed by atoms with Crippen LogP contribution in [0.1, 0.15) is 18.4 Å². The molecule has 164 valence electrons. The molecule has 1 amide bonds. The molecule has 4 rings (SSSR count). The molecule has 1 aliphatic rings. The van der Waals surface area contributed by atoms with E-state index in [1.807, 2.05) is 0 Å². The van der Waals surface area contributed by atoms with Gasteiger partial charge in [-0.2, -0.15) is 5.26 Å². The Kier molecular flexibility index (Phi) is 5.94. The Hall–Kier alpha value is -4.06. The van der Waals surface area contributed by atoms with Crippen molar-refractivity contribution >= 4 is 22.7 Å². The molecule has 0 aliphatic carbocycles. The molecule has 2 heterocycles. The number of likely N-dealkylation sites (tertiary alicyclic amines) is 1. The number of nitrogens with zero attached hydrogens (tertiary/aromatic N) is 3. The third kappa shape index (κ3) is 4.49. The van der Waals surface area contributed by atoms with Gasteiger partial charge in [0.2, 0.25) is 0 Å². The van der Waals surface area contributed by atoms with Crippen LogP contribution in [0.25, 0.3) is 10.9 Å². The highest BCUT2D eigenvalue weighted by Gasteiger charge is 2.23. The fourth-order valence-electron chi connectivity index (χ4n) is 3.64. The summed E-state index contributed by atoms with van der Waals surface area (Å²) < 4.78 is 25.5. The molecule has 3 N–H and O–H groups in total. The molecule has 0 spiro atoms. The molecular weight excluding hydrogens is 415 g/mol. The molecular formula is C23H21FN4O4. The van der Waals surface area contributed by atoms with Crippen molar-refractivity contribution in [3.05, 3.63) is 54.0 Å². The minimum atomic E-state index is -0.906. The number of nitrogens with two attached hydrogens (primary N) is 1. The van der Waals surface area contributed by atoms with Gasteiger partial charge in [-0.3, -0.25) is 4.98 Å². The van der Waals surface area contributed by atoms with Crippen LogP contribution in [0, 0.1) is 23.1 Å². The van der Waals surface area contributed by atoms with Gasteiger partial charge in [0.05, 0.1) is 23.4 Å². The number of amides is 1. The van der Waals surface area contributed by atoms with Crippen molar-refractivity contribution in [2.75, 3.05) is 25.4 Å². The van der Waals surface area contributed by atoms with Crippen LogP contribution in [0.2, 0.25) is 0 Å². The largest absolute Gasteiger partial charge is 0.492 e. The lowest BCUT2D eigenvalue weighted by Crippen LogP contribution is -2.38. The minimum absolute atomic E-state index is 0.0270. The van der Waals surface area contributed by atoms with Gasteiger partial charge in [-0.05, 0) is 43.0 Å². The summed E-state index contributed by atoms with van der Waals surface area (Å²) in [6.07, 6.45) is 2.06. The summed E-state index contributed by atoms with van der Waals surface area (Å²) in [6, 6.07) is 11.2. The third-order valence-corrected chi connectivity index (χ3v) is 5.48. The first-order chi connectivity index (χ1) is 15.4. The van der Waals surface area contributed by atoms with Gasteiger partial charge in [-0.15, -0.1) is 0 Å². The van der Waals surface area contributed by atoms with Crippen LogP contribution in [0.15, 0.2) is 42.6 Å². The van der Waals surface area contributed by atoms with E-state index in [4.69, 9.17) is 20.3 Å². The van der Waals surface area contributed by atoms with Gasteiger partial charge in [-0.25, -0.2) is 9.18 Å². The van der Waals surface area contributed by atoms with Crippen LogP contribution in [0.3, 0.4) is 0 Å². The molecule has 1 fully saturated rings. The Morgan fingerprint density at radius 3 is 2.72 bits per heavy atom. The van der Waals surface area contributed by atoms with E-state index in [9.17, 15) is 14.4 Å². The summed E-state index contributed by atoms with van der Waals surface area (Å²) in [5.74, 6) is 0.724. The van der Waals surface area contributed by atoms with Crippen LogP contribution >= 0.6 is 0 Å². The van der Waals surface area contributed by atoms with Crippen LogP contribution in [0.4, 0.5) is 14.9 Å². The summed E-state index contributed by atoms with van der Waals surface area (Å²) in [4.78, 5) is 16.8. The standard InChI is InChI=1S/C23H21FN4O4/c24-18-10-16(1-2-19(18)26)32-21-3-6-27-20-11-22(15(12-25)9-17(20)21)31-13-14-4-7-28(8-5-14)23(29)30/h1-3,6,9-11,14H,4-5,7-8,13,26H2,(H,29,30). The van der Waals surface area contributed by atoms with E-state index < -0.39 is 11.9 Å². The van der Waals surface area contributed by atoms with Gasteiger partial charge in [-0.1, -0.05) is 0 Å². The van der Waals surface area contributed by atoms with Gasteiger partial charge < -0.3 is 25.2 Å². The fourth-order valence-corrected chi connectivity index (χ4v) is 3.64. The van der Waals surface area contributed by atoms with E-state index >= 15 is 0 Å². The summed E-state index contributed by atoms with van der Waals surface area (Å²) >= 11 is 0. The second-order valence-electron chi connectivity index (χ2n) is 7.60. The normalized spacial score (nSPS) is 14.2. The van der Waals surface area contributed by atoms with Crippen LogP contribution in [-0.2, 0) is 0 Å². The number of nitrogen functional groups attached to an aromatic ring is 1. The number of hydrogen-bond donors (Lipinski definition) is 2. The maximum Gasteiger partial charge on any atom is 0.407 e. The van der Waals surface area contributed by atoms with Crippen molar-refractivity contribution in [2.24, 2.45) is 5.92 Å². The number of pyridine rings is 1. The number of rotatable bonds is 5. The van der Waals surface area contributed by atoms with E-state index in [-0.39, 0.29) is 17.4 Å². The predicted molar refractivity (Wildman–Crippen MR) is 115 cm³/mol. The molecule has 0 bridgehead atoms. The monoisotopic (exact) mass is 436 g/mol. The number of aromatic nitrogens is 1. The highest BCUT2D eigenvalue weighted by molar-refractivity contribution is 5.88. The Balaban J connectivity index is 1.53. The van der Waals surface area contributed by atoms with E-state index in [1.54, 1.807) is 30.5 Å². The predicted octanol–water partition coefficient (Wildman–Crippen LogP) is 4.39. The minimum Gasteiger partial charge on any atom is -0.492 e. The lowest BCUT2D eigenvalue weighted by molar-refractivity contribution is 0.111. The first kappa shape index (κ1) is 21.2. The quantitative estimate of drug-likeness (QED) is 0.569. The SMILES string of the molecule is N#Cc1cc2c(Oc3ccc(N)c(F)c3)ccnc2cc1OCC1CCN(C(=O)O)CC1. The van der Waals surface area contributed by atoms with E-state index in [0.717, 1.165) is 0 Å². The molecule has 0 unspecified atom stereocenters. The van der Waals surface area contributed by atoms with Crippen molar-refractivity contribution in [1.29, 1.82) is 5.26 Å². The molecule has 0 atom stereocenters. The number of carboxylic acid groups (broad SMARTS) is 1. The van der Waals surface area contributed by atoms with Crippen molar-refractivity contribution in [3.63, 3.8) is 0 Å². The highest BCUT2D eigenvalue weighted by Crippen LogP contribution is 2.34. The number of nitriles is 1. The number of fused-ring (bicyclic) bond motifs is 1. The van der Waals surface area contributed by atoms with Gasteiger partial charge in [0, 0.05) is 36.8 Å². The lowest BCUT2D eigenvalue weighted by Gasteiger charge is -2.29. The summed E-state index contributed by atoms with van der Waals surface area (Å²) in [7, 11) is 0. The van der Waals surface area contributed by atoms with E-state index in [1.165, 1.54) is 17.0 Å². The first-order valence-corrected chi connectivity index (χ1v) is 10.1. The van der Waals surface area contributed by atoms with Crippen molar-refractivity contribution in [3.8, 4) is 23.3 Å². The molecule has 2 aromatic carbocycles. The van der Waals surface area contributed by atoms with Crippen LogP contribution in [0.5, 0.6) is 17.2 Å². The van der Waals surface area contributed by atoms with Crippen molar-refractivity contribution < 1.29 is 23.8 Å². The maximum absolute atomic E-state index is 13.8. The maximum atomic E-state index is 13.8. The smallest absolute Gasteiger partial charge is 0.407 e. The van der Waals surface area contributed by atoms with E-state index in [0.29, 0.717) is 60.5 Å². The number of hydrogen-bond acceptors (Lipinski definition) is 6. The Labute approximate surface area is 183 Å². The second kappa shape index (κ2) is 8.98. The average Bonchev–Trinajstić information content (AvgIpc) is 2.80. The van der Waals surface area contributed by atoms with Crippen molar-refractivity contribution in [2.45, 2.75) is 12.8 Å². The number of anilines is 1. The molecule has 1 aliphatic heterocycles. The zero-order valence-electron chi connectivity index (χ0n) is 17.1. The van der Waals surface area contributed by atoms with Crippen molar-refractivity contribution in [1.82, 2.24) is 9.88 Å². The molecule has 9 heteroatoms. The molecule has 32 heavy (non-hydrogen) atoms. The number of piperidine rings is 1. The van der Waals surface area contributed by atoms with E-state index in [2.05, 4.69) is 11.1 Å². The zero-order chi connectivity index (χ0) is 22.7. The van der Waals surface area contributed by atoms with Gasteiger partial charge in [0.1, 0.15) is 29.1 Å². The fraction of sp³-hybridized carbons (Fsp3) is 0.261. The number of halogens is 1. The number of benzene rings is 2. The lowest BCUT2D eigenvalue weighted by atomic mass is 9.98. The topological polar surface area (TPSA) is 122 Å². The Morgan fingerprint density at radius 1 is 1.25 bits per heavy atom. The summed E-state index contributed by atoms with van der Waals surface area (Å²) in [5.41, 5.74) is 6.42. The van der Waals surface area contributed by atoms with Crippen LogP contribution < -0.4 is 15.2 Å². The van der Waals surface area contributed by atoms with Gasteiger partial charge >= 0.3 is 6.09 Å². The zero-order valence-corrected chi connectivity index (χ0v) is 17.1. The molecule has 1 saturated heterocycles. The number of ether oxygens (including phenoxy) is 2. The van der Waals surface area contributed by atoms with Gasteiger partial charge in [0.25, 0.3) is 0 Å². The Morgan fingerprint density at radius 2 is 2.03 bits per heavy atom. The molecule has 8 nitrogen and oxygen atoms in total. The Bertz CT molecular complexity index is 1200. The summed E-state index contributed by atoms with van der Waals surface area (Å²) in [5, 5.41) is 19.3. The van der Waals surface area contributed by atoms with Crippen LogP contribution in [-0.4, -0.2) is 40.8 Å².